The SMILES string of the molecule is CCNC(=NCC(c1cccs1)N(C)C)N1CCS(=O)(=O)C(C)(C)C1. The quantitative estimate of drug-likeness (QED) is 0.618. The highest BCUT2D eigenvalue weighted by Crippen LogP contribution is 2.25. The van der Waals surface area contributed by atoms with E-state index in [1.54, 1.807) is 25.2 Å². The zero-order valence-corrected chi connectivity index (χ0v) is 17.5. The molecule has 8 heteroatoms. The van der Waals surface area contributed by atoms with Gasteiger partial charge < -0.3 is 15.1 Å². The van der Waals surface area contributed by atoms with Crippen molar-refractivity contribution in [1.82, 2.24) is 15.1 Å². The lowest BCUT2D eigenvalue weighted by Gasteiger charge is -2.39. The minimum Gasteiger partial charge on any atom is -0.357 e. The summed E-state index contributed by atoms with van der Waals surface area (Å²) < 4.78 is 23.7. The van der Waals surface area contributed by atoms with Crippen LogP contribution in [-0.4, -0.2) is 75.0 Å². The predicted molar refractivity (Wildman–Crippen MR) is 106 cm³/mol. The van der Waals surface area contributed by atoms with Crippen molar-refractivity contribution in [1.29, 1.82) is 0 Å². The van der Waals surface area contributed by atoms with Crippen molar-refractivity contribution >= 4 is 27.1 Å². The molecule has 6 nitrogen and oxygen atoms in total. The highest BCUT2D eigenvalue weighted by Gasteiger charge is 2.41. The summed E-state index contributed by atoms with van der Waals surface area (Å²) in [5, 5.41) is 5.41. The average Bonchev–Trinajstić information content (AvgIpc) is 3.03. The zero-order valence-electron chi connectivity index (χ0n) is 15.8. The monoisotopic (exact) mass is 386 g/mol. The molecule has 0 spiro atoms. The van der Waals surface area contributed by atoms with Gasteiger partial charge in [0.2, 0.25) is 0 Å². The number of sulfone groups is 1. The second-order valence-electron chi connectivity index (χ2n) is 7.19. The molecule has 1 aliphatic rings. The van der Waals surface area contributed by atoms with Crippen molar-refractivity contribution in [3.63, 3.8) is 0 Å². The van der Waals surface area contributed by atoms with E-state index >= 15 is 0 Å². The number of nitrogens with one attached hydrogen (secondary N) is 1. The molecule has 142 valence electrons. The third-order valence-corrected chi connectivity index (χ3v) is 8.09. The molecule has 0 aromatic carbocycles. The Kier molecular flexibility index (Phi) is 6.51. The van der Waals surface area contributed by atoms with Gasteiger partial charge in [0.1, 0.15) is 0 Å². The number of hydrogen-bond acceptors (Lipinski definition) is 5. The maximum absolute atomic E-state index is 12.2. The van der Waals surface area contributed by atoms with Crippen LogP contribution in [0.4, 0.5) is 0 Å². The van der Waals surface area contributed by atoms with E-state index in [0.29, 0.717) is 19.6 Å². The first-order valence-electron chi connectivity index (χ1n) is 8.63. The largest absolute Gasteiger partial charge is 0.357 e. The normalized spacial score (nSPS) is 21.4. The third-order valence-electron chi connectivity index (χ3n) is 4.59. The summed E-state index contributed by atoms with van der Waals surface area (Å²) >= 11 is 1.74. The Balaban J connectivity index is 2.18. The Hall–Kier alpha value is -1.12. The molecule has 2 rings (SSSR count). The number of thiophene rings is 1. The number of aliphatic imine (C=N–C) groups is 1. The number of likely N-dealkylation sites (N-methyl/N-ethyl adjacent to an activating group) is 1. The van der Waals surface area contributed by atoms with Gasteiger partial charge in [0.05, 0.1) is 23.1 Å². The number of guanidine groups is 1. The highest BCUT2D eigenvalue weighted by atomic mass is 32.2. The lowest BCUT2D eigenvalue weighted by atomic mass is 10.2. The topological polar surface area (TPSA) is 65.0 Å². The fourth-order valence-corrected chi connectivity index (χ4v) is 5.19. The van der Waals surface area contributed by atoms with E-state index < -0.39 is 14.6 Å². The average molecular weight is 387 g/mol. The smallest absolute Gasteiger partial charge is 0.194 e. The maximum atomic E-state index is 12.2. The van der Waals surface area contributed by atoms with Crippen molar-refractivity contribution < 1.29 is 8.42 Å². The van der Waals surface area contributed by atoms with Crippen LogP contribution in [-0.2, 0) is 9.84 Å². The van der Waals surface area contributed by atoms with E-state index in [2.05, 4.69) is 46.7 Å². The summed E-state index contributed by atoms with van der Waals surface area (Å²) in [6, 6.07) is 4.41. The summed E-state index contributed by atoms with van der Waals surface area (Å²) in [6.45, 7) is 7.98. The van der Waals surface area contributed by atoms with Gasteiger partial charge in [-0.15, -0.1) is 11.3 Å². The standard InChI is InChI=1S/C17H30N4O2S2/c1-6-18-16(21-9-11-25(22,23)17(2,3)13-21)19-12-14(20(4)5)15-8-7-10-24-15/h7-8,10,14H,6,9,11-13H2,1-5H3,(H,18,19). The highest BCUT2D eigenvalue weighted by molar-refractivity contribution is 7.92. The van der Waals surface area contributed by atoms with Crippen molar-refractivity contribution in [3.05, 3.63) is 22.4 Å². The van der Waals surface area contributed by atoms with E-state index in [1.807, 2.05) is 6.92 Å². The molecule has 1 aromatic rings. The van der Waals surface area contributed by atoms with Crippen LogP contribution in [0.15, 0.2) is 22.5 Å². The molecule has 1 fully saturated rings. The molecule has 2 heterocycles. The molecule has 1 N–H and O–H groups in total. The van der Waals surface area contributed by atoms with E-state index in [4.69, 9.17) is 4.99 Å². The van der Waals surface area contributed by atoms with E-state index in [9.17, 15) is 8.42 Å². The predicted octanol–water partition coefficient (Wildman–Crippen LogP) is 1.83. The van der Waals surface area contributed by atoms with Gasteiger partial charge in [-0.3, -0.25) is 4.99 Å². The molecule has 1 unspecified atom stereocenters. The number of hydrogen-bond donors (Lipinski definition) is 1. The first-order chi connectivity index (χ1) is 11.7. The van der Waals surface area contributed by atoms with Crippen LogP contribution >= 0.6 is 11.3 Å². The molecule has 0 bridgehead atoms. The van der Waals surface area contributed by atoms with Crippen LogP contribution in [0.5, 0.6) is 0 Å². The summed E-state index contributed by atoms with van der Waals surface area (Å²) in [4.78, 5) is 10.4. The Morgan fingerprint density at radius 1 is 1.48 bits per heavy atom. The molecule has 0 radical (unpaired) electrons. The lowest BCUT2D eigenvalue weighted by Crippen LogP contribution is -2.57. The van der Waals surface area contributed by atoms with E-state index in [0.717, 1.165) is 12.5 Å². The summed E-state index contributed by atoms with van der Waals surface area (Å²) in [5.41, 5.74) is 0. The second-order valence-corrected chi connectivity index (χ2v) is 10.9. The van der Waals surface area contributed by atoms with Crippen molar-refractivity contribution in [2.45, 2.75) is 31.6 Å². The molecular weight excluding hydrogens is 356 g/mol. The van der Waals surface area contributed by atoms with Gasteiger partial charge in [0.25, 0.3) is 0 Å². The van der Waals surface area contributed by atoms with Crippen LogP contribution in [0.25, 0.3) is 0 Å². The lowest BCUT2D eigenvalue weighted by molar-refractivity contribution is 0.307. The fraction of sp³-hybridized carbons (Fsp3) is 0.706. The van der Waals surface area contributed by atoms with Gasteiger partial charge in [-0.05, 0) is 46.3 Å². The summed E-state index contributed by atoms with van der Waals surface area (Å²) in [5.74, 6) is 0.973. The first kappa shape index (κ1) is 20.2. The van der Waals surface area contributed by atoms with Gasteiger partial charge >= 0.3 is 0 Å². The van der Waals surface area contributed by atoms with Crippen LogP contribution in [0.1, 0.15) is 31.7 Å². The van der Waals surface area contributed by atoms with Crippen LogP contribution in [0, 0.1) is 0 Å². The van der Waals surface area contributed by atoms with Gasteiger partial charge in [-0.25, -0.2) is 8.42 Å². The first-order valence-corrected chi connectivity index (χ1v) is 11.2. The van der Waals surface area contributed by atoms with Gasteiger partial charge in [-0.1, -0.05) is 6.07 Å². The molecule has 0 amide bonds. The molecule has 0 saturated carbocycles. The molecule has 25 heavy (non-hydrogen) atoms. The van der Waals surface area contributed by atoms with E-state index in [-0.39, 0.29) is 11.8 Å². The molecule has 1 aromatic heterocycles. The van der Waals surface area contributed by atoms with E-state index in [1.165, 1.54) is 4.88 Å². The molecule has 1 saturated heterocycles. The van der Waals surface area contributed by atoms with Crippen molar-refractivity contribution in [2.75, 3.05) is 46.0 Å². The Labute approximate surface area is 155 Å². The van der Waals surface area contributed by atoms with Crippen LogP contribution in [0.2, 0.25) is 0 Å². The molecular formula is C17H30N4O2S2. The minimum absolute atomic E-state index is 0.173. The minimum atomic E-state index is -3.05. The van der Waals surface area contributed by atoms with Crippen LogP contribution in [0.3, 0.4) is 0 Å². The third kappa shape index (κ3) is 4.74. The van der Waals surface area contributed by atoms with Crippen molar-refractivity contribution in [2.24, 2.45) is 4.99 Å². The Morgan fingerprint density at radius 3 is 2.72 bits per heavy atom. The molecule has 0 aliphatic carbocycles. The number of rotatable bonds is 5. The fourth-order valence-electron chi connectivity index (χ4n) is 2.91. The molecule has 1 atom stereocenters. The summed E-state index contributed by atoms with van der Waals surface area (Å²) in [6.07, 6.45) is 0. The van der Waals surface area contributed by atoms with Gasteiger partial charge in [-0.2, -0.15) is 0 Å². The zero-order chi connectivity index (χ0) is 18.7. The maximum Gasteiger partial charge on any atom is 0.194 e. The Morgan fingerprint density at radius 2 is 2.20 bits per heavy atom. The summed E-state index contributed by atoms with van der Waals surface area (Å²) in [7, 11) is 1.06. The van der Waals surface area contributed by atoms with Gasteiger partial charge in [0, 0.05) is 24.5 Å². The number of nitrogens with zero attached hydrogens (tertiary/aromatic N) is 3. The Bertz CT molecular complexity index is 682. The van der Waals surface area contributed by atoms with Gasteiger partial charge in [0.15, 0.2) is 15.8 Å². The van der Waals surface area contributed by atoms with Crippen LogP contribution < -0.4 is 5.32 Å². The molecule has 1 aliphatic heterocycles. The second kappa shape index (κ2) is 8.05. The van der Waals surface area contributed by atoms with Crippen molar-refractivity contribution in [3.8, 4) is 0 Å².